The molecule has 0 unspecified atom stereocenters. The number of rotatable bonds is 9. The van der Waals surface area contributed by atoms with Gasteiger partial charge in [-0.1, -0.05) is 48.5 Å². The highest BCUT2D eigenvalue weighted by Gasteiger charge is 2.38. The summed E-state index contributed by atoms with van der Waals surface area (Å²) < 4.78 is 11.1. The van der Waals surface area contributed by atoms with Gasteiger partial charge < -0.3 is 24.8 Å². The van der Waals surface area contributed by atoms with Gasteiger partial charge in [0.1, 0.15) is 12.2 Å². The van der Waals surface area contributed by atoms with E-state index in [1.807, 2.05) is 45.0 Å². The van der Waals surface area contributed by atoms with Crippen LogP contribution < -0.4 is 5.32 Å². The number of carbonyl (C=O) groups is 3. The number of aliphatic carboxylic acids is 1. The standard InChI is InChI=1S/C29H36N2O6/c1-29(2,3)37-27(34)30-17-19-15-20(16-19)31(14-8-13-26(32)33)28(35)36-18-25-23-11-6-4-9-21(23)22-10-5-7-12-24(22)25/h4-7,9-12,19-20,25H,8,13-18H2,1-3H3,(H,30,34)(H,32,33). The molecule has 0 bridgehead atoms. The van der Waals surface area contributed by atoms with Gasteiger partial charge >= 0.3 is 18.2 Å². The summed E-state index contributed by atoms with van der Waals surface area (Å²) in [6, 6.07) is 16.3. The smallest absolute Gasteiger partial charge is 0.410 e. The third-order valence-corrected chi connectivity index (χ3v) is 6.95. The molecule has 0 spiro atoms. The van der Waals surface area contributed by atoms with Gasteiger partial charge in [0.05, 0.1) is 0 Å². The Morgan fingerprint density at radius 3 is 2.16 bits per heavy atom. The van der Waals surface area contributed by atoms with Crippen molar-refractivity contribution in [2.24, 2.45) is 5.92 Å². The molecule has 0 radical (unpaired) electrons. The van der Waals surface area contributed by atoms with Crippen LogP contribution >= 0.6 is 0 Å². The summed E-state index contributed by atoms with van der Waals surface area (Å²) >= 11 is 0. The summed E-state index contributed by atoms with van der Waals surface area (Å²) in [4.78, 5) is 37.9. The molecule has 2 aromatic carbocycles. The summed E-state index contributed by atoms with van der Waals surface area (Å²) in [5.41, 5.74) is 4.06. The van der Waals surface area contributed by atoms with Gasteiger partial charge in [-0.15, -0.1) is 0 Å². The van der Waals surface area contributed by atoms with Crippen LogP contribution in [0.15, 0.2) is 48.5 Å². The van der Waals surface area contributed by atoms with Crippen molar-refractivity contribution in [2.45, 2.75) is 64.0 Å². The summed E-state index contributed by atoms with van der Waals surface area (Å²) in [5.74, 6) is -0.703. The normalized spacial score (nSPS) is 18.2. The number of benzene rings is 2. The predicted molar refractivity (Wildman–Crippen MR) is 139 cm³/mol. The molecule has 8 nitrogen and oxygen atoms in total. The van der Waals surface area contributed by atoms with Crippen LogP contribution in [0, 0.1) is 5.92 Å². The summed E-state index contributed by atoms with van der Waals surface area (Å²) in [6.07, 6.45) is 0.905. The van der Waals surface area contributed by atoms with Gasteiger partial charge in [0.2, 0.25) is 0 Å². The number of amides is 2. The molecular formula is C29H36N2O6. The molecule has 1 saturated carbocycles. The molecule has 2 aliphatic carbocycles. The Morgan fingerprint density at radius 1 is 1.00 bits per heavy atom. The number of carbonyl (C=O) groups excluding carboxylic acids is 2. The number of ether oxygens (including phenoxy) is 2. The summed E-state index contributed by atoms with van der Waals surface area (Å²) in [7, 11) is 0. The Hall–Kier alpha value is -3.55. The van der Waals surface area contributed by atoms with Crippen molar-refractivity contribution in [3.05, 3.63) is 59.7 Å². The number of hydrogen-bond acceptors (Lipinski definition) is 5. The zero-order valence-corrected chi connectivity index (χ0v) is 21.7. The summed E-state index contributed by atoms with van der Waals surface area (Å²) in [6.45, 7) is 6.46. The second kappa shape index (κ2) is 11.2. The van der Waals surface area contributed by atoms with Gasteiger partial charge in [0, 0.05) is 31.5 Å². The maximum absolute atomic E-state index is 13.2. The molecule has 4 rings (SSSR count). The first-order valence-corrected chi connectivity index (χ1v) is 12.9. The second-order valence-corrected chi connectivity index (χ2v) is 10.9. The molecule has 0 aromatic heterocycles. The van der Waals surface area contributed by atoms with E-state index in [2.05, 4.69) is 29.6 Å². The molecule has 37 heavy (non-hydrogen) atoms. The molecule has 0 saturated heterocycles. The Bertz CT molecular complexity index is 1090. The number of alkyl carbamates (subject to hydrolysis) is 1. The molecule has 198 valence electrons. The van der Waals surface area contributed by atoms with E-state index in [1.54, 1.807) is 4.90 Å². The molecule has 2 N–H and O–H groups in total. The number of nitrogens with zero attached hydrogens (tertiary/aromatic N) is 1. The number of fused-ring (bicyclic) bond motifs is 3. The fraction of sp³-hybridized carbons (Fsp3) is 0.483. The van der Waals surface area contributed by atoms with Crippen molar-refractivity contribution >= 4 is 18.2 Å². The number of nitrogens with one attached hydrogen (secondary N) is 1. The van der Waals surface area contributed by atoms with Crippen molar-refractivity contribution in [3.63, 3.8) is 0 Å². The van der Waals surface area contributed by atoms with Crippen LogP contribution in [0.4, 0.5) is 9.59 Å². The minimum absolute atomic E-state index is 0.0104. The van der Waals surface area contributed by atoms with E-state index in [-0.39, 0.29) is 30.9 Å². The topological polar surface area (TPSA) is 105 Å². The molecule has 0 heterocycles. The Morgan fingerprint density at radius 2 is 1.59 bits per heavy atom. The molecule has 2 aliphatic rings. The molecule has 1 fully saturated rings. The zero-order chi connectivity index (χ0) is 26.6. The molecule has 0 atom stereocenters. The maximum Gasteiger partial charge on any atom is 0.410 e. The Kier molecular flexibility index (Phi) is 8.05. The quantitative estimate of drug-likeness (QED) is 0.470. The van der Waals surface area contributed by atoms with Crippen LogP contribution in [-0.2, 0) is 14.3 Å². The summed E-state index contributed by atoms with van der Waals surface area (Å²) in [5, 5.41) is 11.9. The minimum atomic E-state index is -0.888. The van der Waals surface area contributed by atoms with Gasteiger partial charge in [0.25, 0.3) is 0 Å². The molecule has 0 aliphatic heterocycles. The van der Waals surface area contributed by atoms with E-state index in [9.17, 15) is 14.4 Å². The van der Waals surface area contributed by atoms with Crippen LogP contribution in [0.5, 0.6) is 0 Å². The first kappa shape index (κ1) is 26.5. The van der Waals surface area contributed by atoms with Crippen LogP contribution in [0.2, 0.25) is 0 Å². The average Bonchev–Trinajstić information content (AvgIpc) is 3.12. The van der Waals surface area contributed by atoms with Gasteiger partial charge in [-0.3, -0.25) is 4.79 Å². The van der Waals surface area contributed by atoms with E-state index >= 15 is 0 Å². The lowest BCUT2D eigenvalue weighted by Gasteiger charge is -2.42. The predicted octanol–water partition coefficient (Wildman–Crippen LogP) is 5.41. The lowest BCUT2D eigenvalue weighted by molar-refractivity contribution is -0.137. The lowest BCUT2D eigenvalue weighted by Crippen LogP contribution is -2.51. The third-order valence-electron chi connectivity index (χ3n) is 6.95. The van der Waals surface area contributed by atoms with Gasteiger partial charge in [-0.25, -0.2) is 9.59 Å². The highest BCUT2D eigenvalue weighted by Crippen LogP contribution is 2.44. The van der Waals surface area contributed by atoms with Crippen LogP contribution in [-0.4, -0.2) is 59.5 Å². The van der Waals surface area contributed by atoms with Gasteiger partial charge in [-0.2, -0.15) is 0 Å². The lowest BCUT2D eigenvalue weighted by atomic mass is 9.79. The monoisotopic (exact) mass is 508 g/mol. The van der Waals surface area contributed by atoms with Crippen molar-refractivity contribution in [3.8, 4) is 11.1 Å². The highest BCUT2D eigenvalue weighted by atomic mass is 16.6. The Balaban J connectivity index is 1.35. The first-order chi connectivity index (χ1) is 17.6. The number of carboxylic acids is 1. The van der Waals surface area contributed by atoms with Crippen molar-refractivity contribution in [1.82, 2.24) is 10.2 Å². The van der Waals surface area contributed by atoms with Crippen molar-refractivity contribution in [1.29, 1.82) is 0 Å². The third kappa shape index (κ3) is 6.61. The van der Waals surface area contributed by atoms with E-state index in [4.69, 9.17) is 14.6 Å². The minimum Gasteiger partial charge on any atom is -0.481 e. The van der Waals surface area contributed by atoms with Crippen molar-refractivity contribution in [2.75, 3.05) is 19.7 Å². The first-order valence-electron chi connectivity index (χ1n) is 12.9. The Labute approximate surface area is 217 Å². The van der Waals surface area contributed by atoms with Gasteiger partial charge in [-0.05, 0) is 68.2 Å². The van der Waals surface area contributed by atoms with Crippen LogP contribution in [0.3, 0.4) is 0 Å². The number of hydrogen-bond donors (Lipinski definition) is 2. The highest BCUT2D eigenvalue weighted by molar-refractivity contribution is 5.79. The van der Waals surface area contributed by atoms with Gasteiger partial charge in [0.15, 0.2) is 0 Å². The molecule has 2 amide bonds. The van der Waals surface area contributed by atoms with Crippen LogP contribution in [0.25, 0.3) is 11.1 Å². The fourth-order valence-electron chi connectivity index (χ4n) is 5.16. The average molecular weight is 509 g/mol. The zero-order valence-electron chi connectivity index (χ0n) is 21.7. The SMILES string of the molecule is CC(C)(C)OC(=O)NCC1CC(N(CCCC(=O)O)C(=O)OCC2c3ccccc3-c3ccccc32)C1. The van der Waals surface area contributed by atoms with E-state index in [0.29, 0.717) is 32.4 Å². The molecule has 2 aromatic rings. The fourth-order valence-corrected chi connectivity index (χ4v) is 5.16. The van der Waals surface area contributed by atoms with E-state index in [1.165, 1.54) is 0 Å². The molecule has 8 heteroatoms. The van der Waals surface area contributed by atoms with E-state index < -0.39 is 23.8 Å². The maximum atomic E-state index is 13.2. The molecular weight excluding hydrogens is 472 g/mol. The largest absolute Gasteiger partial charge is 0.481 e. The van der Waals surface area contributed by atoms with Crippen molar-refractivity contribution < 1.29 is 29.0 Å². The number of carboxylic acid groups (broad SMARTS) is 1. The van der Waals surface area contributed by atoms with Crippen LogP contribution in [0.1, 0.15) is 63.5 Å². The second-order valence-electron chi connectivity index (χ2n) is 10.9. The van der Waals surface area contributed by atoms with E-state index in [0.717, 1.165) is 22.3 Å².